The second-order valence-corrected chi connectivity index (χ2v) is 6.08. The zero-order valence-electron chi connectivity index (χ0n) is 14.1. The molecule has 4 heteroatoms. The van der Waals surface area contributed by atoms with Crippen molar-refractivity contribution in [2.45, 2.75) is 0 Å². The SMILES string of the molecule is Nc1ccc(-c2ccc(N)cc2-c2ccncc2)c(-c2ccncc2)c1. The zero-order chi connectivity index (χ0) is 17.9. The largest absolute Gasteiger partial charge is 0.399 e. The molecule has 0 atom stereocenters. The minimum atomic E-state index is 0.724. The summed E-state index contributed by atoms with van der Waals surface area (Å²) in [6.07, 6.45) is 7.15. The molecule has 4 aromatic rings. The van der Waals surface area contributed by atoms with E-state index < -0.39 is 0 Å². The lowest BCUT2D eigenvalue weighted by Gasteiger charge is -2.16. The van der Waals surface area contributed by atoms with E-state index in [1.165, 1.54) is 0 Å². The molecule has 126 valence electrons. The summed E-state index contributed by atoms with van der Waals surface area (Å²) in [4.78, 5) is 8.24. The number of hydrogen-bond donors (Lipinski definition) is 2. The van der Waals surface area contributed by atoms with Crippen LogP contribution in [0.4, 0.5) is 11.4 Å². The van der Waals surface area contributed by atoms with E-state index in [2.05, 4.69) is 22.1 Å². The number of aromatic nitrogens is 2. The van der Waals surface area contributed by atoms with Gasteiger partial charge in [-0.05, 0) is 81.9 Å². The Morgan fingerprint density at radius 3 is 1.23 bits per heavy atom. The number of anilines is 2. The molecule has 0 bridgehead atoms. The Morgan fingerprint density at radius 1 is 0.462 bits per heavy atom. The average Bonchev–Trinajstić information content (AvgIpc) is 2.69. The first-order valence-corrected chi connectivity index (χ1v) is 8.32. The van der Waals surface area contributed by atoms with Crippen LogP contribution in [0.2, 0.25) is 0 Å². The van der Waals surface area contributed by atoms with Crippen LogP contribution in [0.1, 0.15) is 0 Å². The van der Waals surface area contributed by atoms with Crippen molar-refractivity contribution < 1.29 is 0 Å². The topological polar surface area (TPSA) is 77.8 Å². The predicted molar refractivity (Wildman–Crippen MR) is 107 cm³/mol. The molecule has 0 radical (unpaired) electrons. The quantitative estimate of drug-likeness (QED) is 0.533. The first-order chi connectivity index (χ1) is 12.7. The molecule has 0 saturated heterocycles. The summed E-state index contributed by atoms with van der Waals surface area (Å²) < 4.78 is 0. The number of nitrogen functional groups attached to an aromatic ring is 2. The predicted octanol–water partition coefficient (Wildman–Crippen LogP) is 4.64. The van der Waals surface area contributed by atoms with Gasteiger partial charge >= 0.3 is 0 Å². The number of hydrogen-bond acceptors (Lipinski definition) is 4. The van der Waals surface area contributed by atoms with Gasteiger partial charge in [-0.15, -0.1) is 0 Å². The van der Waals surface area contributed by atoms with Gasteiger partial charge in [0.05, 0.1) is 0 Å². The zero-order valence-corrected chi connectivity index (χ0v) is 14.1. The molecule has 4 rings (SSSR count). The minimum Gasteiger partial charge on any atom is -0.399 e. The molecule has 0 amide bonds. The van der Waals surface area contributed by atoms with Crippen LogP contribution in [-0.2, 0) is 0 Å². The van der Waals surface area contributed by atoms with E-state index in [9.17, 15) is 0 Å². The first kappa shape index (κ1) is 15.8. The molecule has 2 heterocycles. The third-order valence-electron chi connectivity index (χ3n) is 4.36. The molecule has 0 aliphatic rings. The maximum absolute atomic E-state index is 6.07. The van der Waals surface area contributed by atoms with Crippen molar-refractivity contribution in [3.8, 4) is 33.4 Å². The van der Waals surface area contributed by atoms with E-state index in [0.717, 1.165) is 44.8 Å². The van der Waals surface area contributed by atoms with Crippen molar-refractivity contribution in [3.63, 3.8) is 0 Å². The fourth-order valence-electron chi connectivity index (χ4n) is 3.13. The average molecular weight is 338 g/mol. The Kier molecular flexibility index (Phi) is 4.07. The van der Waals surface area contributed by atoms with Gasteiger partial charge in [-0.25, -0.2) is 0 Å². The lowest BCUT2D eigenvalue weighted by molar-refractivity contribution is 1.33. The van der Waals surface area contributed by atoms with Gasteiger partial charge in [0.1, 0.15) is 0 Å². The van der Waals surface area contributed by atoms with Gasteiger partial charge in [-0.1, -0.05) is 12.1 Å². The normalized spacial score (nSPS) is 10.6. The number of nitrogens with two attached hydrogens (primary N) is 2. The van der Waals surface area contributed by atoms with Gasteiger partial charge in [0, 0.05) is 36.2 Å². The molecule has 2 aromatic carbocycles. The lowest BCUT2D eigenvalue weighted by Crippen LogP contribution is -1.94. The second-order valence-electron chi connectivity index (χ2n) is 6.08. The maximum Gasteiger partial charge on any atom is 0.0320 e. The first-order valence-electron chi connectivity index (χ1n) is 8.32. The van der Waals surface area contributed by atoms with Crippen LogP contribution < -0.4 is 11.5 Å². The molecule has 0 fully saturated rings. The highest BCUT2D eigenvalue weighted by molar-refractivity contribution is 5.93. The van der Waals surface area contributed by atoms with E-state index in [0.29, 0.717) is 0 Å². The highest BCUT2D eigenvalue weighted by Crippen LogP contribution is 2.39. The number of benzene rings is 2. The number of nitrogens with zero attached hydrogens (tertiary/aromatic N) is 2. The molecule has 0 saturated carbocycles. The van der Waals surface area contributed by atoms with Crippen LogP contribution in [0.25, 0.3) is 33.4 Å². The third-order valence-corrected chi connectivity index (χ3v) is 4.36. The molecule has 4 N–H and O–H groups in total. The van der Waals surface area contributed by atoms with Crippen molar-refractivity contribution >= 4 is 11.4 Å². The van der Waals surface area contributed by atoms with E-state index in [1.807, 2.05) is 48.5 Å². The second kappa shape index (κ2) is 6.69. The van der Waals surface area contributed by atoms with Crippen LogP contribution in [0.3, 0.4) is 0 Å². The molecular weight excluding hydrogens is 320 g/mol. The molecular formula is C22H18N4. The number of pyridine rings is 2. The number of rotatable bonds is 3. The Bertz CT molecular complexity index is 957. The summed E-state index contributed by atoms with van der Waals surface area (Å²) in [5.74, 6) is 0. The minimum absolute atomic E-state index is 0.724. The fourth-order valence-corrected chi connectivity index (χ4v) is 3.13. The van der Waals surface area contributed by atoms with E-state index in [-0.39, 0.29) is 0 Å². The molecule has 0 aliphatic heterocycles. The Morgan fingerprint density at radius 2 is 0.846 bits per heavy atom. The van der Waals surface area contributed by atoms with Crippen molar-refractivity contribution in [2.24, 2.45) is 0 Å². The summed E-state index contributed by atoms with van der Waals surface area (Å²) in [7, 11) is 0. The monoisotopic (exact) mass is 338 g/mol. The van der Waals surface area contributed by atoms with Crippen molar-refractivity contribution in [1.82, 2.24) is 9.97 Å². The standard InChI is InChI=1S/C22H18N4/c23-17-1-3-19(21(13-17)15-5-9-25-10-6-15)20-4-2-18(24)14-22(20)16-7-11-26-12-8-16/h1-14H,23-24H2. The van der Waals surface area contributed by atoms with Gasteiger partial charge in [0.2, 0.25) is 0 Å². The summed E-state index contributed by atoms with van der Waals surface area (Å²) in [5, 5.41) is 0. The molecule has 0 aliphatic carbocycles. The van der Waals surface area contributed by atoms with Crippen LogP contribution in [0.15, 0.2) is 85.5 Å². The van der Waals surface area contributed by atoms with Crippen LogP contribution >= 0.6 is 0 Å². The highest BCUT2D eigenvalue weighted by Gasteiger charge is 2.13. The fraction of sp³-hybridized carbons (Fsp3) is 0. The maximum atomic E-state index is 6.07. The summed E-state index contributed by atoms with van der Waals surface area (Å²) in [6.45, 7) is 0. The Hall–Kier alpha value is -3.66. The van der Waals surface area contributed by atoms with Gasteiger partial charge in [-0.2, -0.15) is 0 Å². The van der Waals surface area contributed by atoms with Gasteiger partial charge in [-0.3, -0.25) is 9.97 Å². The molecule has 4 nitrogen and oxygen atoms in total. The highest BCUT2D eigenvalue weighted by atomic mass is 14.6. The Labute approximate surface area is 152 Å². The van der Waals surface area contributed by atoms with Crippen LogP contribution in [0.5, 0.6) is 0 Å². The van der Waals surface area contributed by atoms with Crippen LogP contribution in [0, 0.1) is 0 Å². The lowest BCUT2D eigenvalue weighted by atomic mass is 9.89. The van der Waals surface area contributed by atoms with Crippen LogP contribution in [-0.4, -0.2) is 9.97 Å². The van der Waals surface area contributed by atoms with Crippen molar-refractivity contribution in [1.29, 1.82) is 0 Å². The molecule has 26 heavy (non-hydrogen) atoms. The van der Waals surface area contributed by atoms with Gasteiger partial charge < -0.3 is 11.5 Å². The third kappa shape index (κ3) is 3.00. The van der Waals surface area contributed by atoms with Gasteiger partial charge in [0.25, 0.3) is 0 Å². The van der Waals surface area contributed by atoms with Crippen molar-refractivity contribution in [3.05, 3.63) is 85.5 Å². The smallest absolute Gasteiger partial charge is 0.0320 e. The van der Waals surface area contributed by atoms with E-state index >= 15 is 0 Å². The van der Waals surface area contributed by atoms with Gasteiger partial charge in [0.15, 0.2) is 0 Å². The molecule has 2 aromatic heterocycles. The summed E-state index contributed by atoms with van der Waals surface area (Å²) in [5.41, 5.74) is 20.0. The van der Waals surface area contributed by atoms with Crippen molar-refractivity contribution in [2.75, 3.05) is 11.5 Å². The Balaban J connectivity index is 1.98. The van der Waals surface area contributed by atoms with E-state index in [4.69, 9.17) is 11.5 Å². The summed E-state index contributed by atoms with van der Waals surface area (Å²) >= 11 is 0. The van der Waals surface area contributed by atoms with E-state index in [1.54, 1.807) is 24.8 Å². The molecule has 0 unspecified atom stereocenters. The molecule has 0 spiro atoms. The summed E-state index contributed by atoms with van der Waals surface area (Å²) in [6, 6.07) is 19.9.